The monoisotopic (exact) mass is 330 g/mol. The number of hydrazone groups is 1. The molecular weight excluding hydrogens is 308 g/mol. The van der Waals surface area contributed by atoms with Crippen LogP contribution in [0.4, 0.5) is 0 Å². The number of nitrogens with one attached hydrogen (secondary N) is 1. The van der Waals surface area contributed by atoms with Gasteiger partial charge in [-0.15, -0.1) is 0 Å². The van der Waals surface area contributed by atoms with Gasteiger partial charge in [-0.3, -0.25) is 0 Å². The molecule has 23 heavy (non-hydrogen) atoms. The predicted molar refractivity (Wildman–Crippen MR) is 94.1 cm³/mol. The van der Waals surface area contributed by atoms with Gasteiger partial charge in [0.25, 0.3) is 10.0 Å². The molecule has 5 heteroatoms. The predicted octanol–water partition coefficient (Wildman–Crippen LogP) is 3.79. The smallest absolute Gasteiger partial charge is 0.200 e. The summed E-state index contributed by atoms with van der Waals surface area (Å²) in [6.07, 6.45) is 1.60. The number of nitrogens with zero attached hydrogens (tertiary/aromatic N) is 1. The van der Waals surface area contributed by atoms with E-state index in [1.54, 1.807) is 19.1 Å². The van der Waals surface area contributed by atoms with Gasteiger partial charge in [-0.1, -0.05) is 55.8 Å². The van der Waals surface area contributed by atoms with Gasteiger partial charge in [-0.25, -0.2) is 0 Å². The van der Waals surface area contributed by atoms with E-state index in [4.69, 9.17) is 0 Å². The van der Waals surface area contributed by atoms with Crippen LogP contribution in [0, 0.1) is 13.8 Å². The maximum atomic E-state index is 12.5. The average Bonchev–Trinajstić information content (AvgIpc) is 2.54. The zero-order valence-electron chi connectivity index (χ0n) is 13.7. The van der Waals surface area contributed by atoms with Crippen LogP contribution < -0.4 is 4.83 Å². The summed E-state index contributed by atoms with van der Waals surface area (Å²) >= 11 is 0. The van der Waals surface area contributed by atoms with Crippen LogP contribution in [0.5, 0.6) is 0 Å². The van der Waals surface area contributed by atoms with Crippen molar-refractivity contribution in [1.82, 2.24) is 4.83 Å². The lowest BCUT2D eigenvalue weighted by Crippen LogP contribution is -2.21. The minimum Gasteiger partial charge on any atom is -0.200 e. The molecule has 0 atom stereocenters. The number of aryl methyl sites for hydroxylation is 2. The SMILES string of the molecule is CCC/C(=N/NS(=O)(=O)c1cc(C)ccc1C)c1ccccc1. The molecule has 0 spiro atoms. The molecule has 2 rings (SSSR count). The van der Waals surface area contributed by atoms with Gasteiger partial charge in [0.15, 0.2) is 0 Å². The van der Waals surface area contributed by atoms with Crippen molar-refractivity contribution in [3.05, 3.63) is 65.2 Å². The van der Waals surface area contributed by atoms with Crippen LogP contribution in [0.2, 0.25) is 0 Å². The molecule has 0 bridgehead atoms. The molecule has 0 aliphatic carbocycles. The lowest BCUT2D eigenvalue weighted by Gasteiger charge is -2.10. The van der Waals surface area contributed by atoms with Crippen LogP contribution in [-0.4, -0.2) is 14.1 Å². The standard InChI is InChI=1S/C18H22N2O2S/c1-4-8-17(16-9-6-5-7-10-16)19-20-23(21,22)18-13-14(2)11-12-15(18)3/h5-7,9-13,20H,4,8H2,1-3H3/b19-17-. The Kier molecular flexibility index (Phi) is 5.55. The van der Waals surface area contributed by atoms with Crippen molar-refractivity contribution >= 4 is 15.7 Å². The van der Waals surface area contributed by atoms with E-state index < -0.39 is 10.0 Å². The first-order valence-corrected chi connectivity index (χ1v) is 9.13. The Morgan fingerprint density at radius 1 is 1.09 bits per heavy atom. The summed E-state index contributed by atoms with van der Waals surface area (Å²) in [5.41, 5.74) is 3.27. The van der Waals surface area contributed by atoms with Crippen molar-refractivity contribution in [3.8, 4) is 0 Å². The highest BCUT2D eigenvalue weighted by Gasteiger charge is 2.16. The first kappa shape index (κ1) is 17.2. The molecule has 0 aromatic heterocycles. The molecule has 0 heterocycles. The number of sulfonamides is 1. The Morgan fingerprint density at radius 3 is 2.43 bits per heavy atom. The van der Waals surface area contributed by atoms with Crippen LogP contribution >= 0.6 is 0 Å². The first-order valence-electron chi connectivity index (χ1n) is 7.65. The summed E-state index contributed by atoms with van der Waals surface area (Å²) in [4.78, 5) is 2.66. The van der Waals surface area contributed by atoms with Crippen LogP contribution in [0.15, 0.2) is 58.5 Å². The van der Waals surface area contributed by atoms with Crippen molar-refractivity contribution in [2.75, 3.05) is 0 Å². The Balaban J connectivity index is 2.33. The quantitative estimate of drug-likeness (QED) is 0.647. The van der Waals surface area contributed by atoms with E-state index in [0.717, 1.165) is 23.3 Å². The second-order valence-corrected chi connectivity index (χ2v) is 7.17. The highest BCUT2D eigenvalue weighted by molar-refractivity contribution is 7.89. The summed E-state index contributed by atoms with van der Waals surface area (Å²) in [5, 5.41) is 4.18. The fourth-order valence-electron chi connectivity index (χ4n) is 2.29. The topological polar surface area (TPSA) is 58.5 Å². The van der Waals surface area contributed by atoms with E-state index in [9.17, 15) is 8.42 Å². The van der Waals surface area contributed by atoms with E-state index in [1.807, 2.05) is 50.2 Å². The molecule has 2 aromatic carbocycles. The Morgan fingerprint density at radius 2 is 1.78 bits per heavy atom. The highest BCUT2D eigenvalue weighted by Crippen LogP contribution is 2.17. The van der Waals surface area contributed by atoms with Gasteiger partial charge < -0.3 is 0 Å². The zero-order valence-corrected chi connectivity index (χ0v) is 14.5. The minimum atomic E-state index is -3.67. The Labute approximate surface area is 138 Å². The molecule has 0 saturated carbocycles. The van der Waals surface area contributed by atoms with Crippen LogP contribution in [0.25, 0.3) is 0 Å². The molecule has 0 fully saturated rings. The van der Waals surface area contributed by atoms with Crippen molar-refractivity contribution < 1.29 is 8.42 Å². The summed E-state index contributed by atoms with van der Waals surface area (Å²) < 4.78 is 25.1. The van der Waals surface area contributed by atoms with E-state index in [0.29, 0.717) is 12.0 Å². The summed E-state index contributed by atoms with van der Waals surface area (Å²) in [5.74, 6) is 0. The van der Waals surface area contributed by atoms with Gasteiger partial charge in [0.05, 0.1) is 10.6 Å². The summed E-state index contributed by atoms with van der Waals surface area (Å²) in [7, 11) is -3.67. The summed E-state index contributed by atoms with van der Waals surface area (Å²) in [6, 6.07) is 15.0. The third kappa shape index (κ3) is 4.42. The second kappa shape index (κ2) is 7.42. The van der Waals surface area contributed by atoms with Gasteiger partial charge in [0, 0.05) is 0 Å². The molecule has 0 unspecified atom stereocenters. The molecule has 0 radical (unpaired) electrons. The molecule has 1 N–H and O–H groups in total. The lowest BCUT2D eigenvalue weighted by molar-refractivity contribution is 0.583. The number of hydrogen-bond acceptors (Lipinski definition) is 3. The largest absolute Gasteiger partial charge is 0.276 e. The van der Waals surface area contributed by atoms with Gasteiger partial charge >= 0.3 is 0 Å². The molecular formula is C18H22N2O2S. The van der Waals surface area contributed by atoms with E-state index in [1.165, 1.54) is 0 Å². The average molecular weight is 330 g/mol. The van der Waals surface area contributed by atoms with Crippen molar-refractivity contribution in [2.45, 2.75) is 38.5 Å². The highest BCUT2D eigenvalue weighted by atomic mass is 32.2. The van der Waals surface area contributed by atoms with Crippen molar-refractivity contribution in [2.24, 2.45) is 5.10 Å². The zero-order chi connectivity index (χ0) is 16.9. The van der Waals surface area contributed by atoms with Crippen molar-refractivity contribution in [3.63, 3.8) is 0 Å². The third-order valence-electron chi connectivity index (χ3n) is 3.53. The van der Waals surface area contributed by atoms with Gasteiger partial charge in [0.1, 0.15) is 0 Å². The van der Waals surface area contributed by atoms with Crippen molar-refractivity contribution in [1.29, 1.82) is 0 Å². The number of hydrogen-bond donors (Lipinski definition) is 1. The number of rotatable bonds is 6. The molecule has 4 nitrogen and oxygen atoms in total. The van der Waals surface area contributed by atoms with Crippen LogP contribution in [0.1, 0.15) is 36.5 Å². The summed E-state index contributed by atoms with van der Waals surface area (Å²) in [6.45, 7) is 5.69. The third-order valence-corrected chi connectivity index (χ3v) is 4.88. The molecule has 0 amide bonds. The van der Waals surface area contributed by atoms with Crippen LogP contribution in [-0.2, 0) is 10.0 Å². The normalized spacial score (nSPS) is 12.2. The fraction of sp³-hybridized carbons (Fsp3) is 0.278. The first-order chi connectivity index (χ1) is 10.9. The molecule has 122 valence electrons. The van der Waals surface area contributed by atoms with Gasteiger partial charge in [0.2, 0.25) is 0 Å². The maximum Gasteiger partial charge on any atom is 0.276 e. The molecule has 0 aliphatic rings. The van der Waals surface area contributed by atoms with E-state index in [-0.39, 0.29) is 4.90 Å². The molecule has 0 saturated heterocycles. The molecule has 2 aromatic rings. The van der Waals surface area contributed by atoms with E-state index >= 15 is 0 Å². The second-order valence-electron chi connectivity index (χ2n) is 5.54. The number of benzene rings is 2. The van der Waals surface area contributed by atoms with Gasteiger partial charge in [-0.2, -0.15) is 18.4 Å². The Hall–Kier alpha value is -2.14. The fourth-order valence-corrected chi connectivity index (χ4v) is 3.46. The minimum absolute atomic E-state index is 0.269. The van der Waals surface area contributed by atoms with Gasteiger partial charge in [-0.05, 0) is 43.0 Å². The maximum absolute atomic E-state index is 12.5. The van der Waals surface area contributed by atoms with E-state index in [2.05, 4.69) is 9.93 Å². The molecule has 0 aliphatic heterocycles. The lowest BCUT2D eigenvalue weighted by atomic mass is 10.1. The Bertz CT molecular complexity index is 797. The van der Waals surface area contributed by atoms with Crippen LogP contribution in [0.3, 0.4) is 0 Å².